The number of carbonyl (C=O) groups excluding carboxylic acids is 1. The molecule has 0 aliphatic heterocycles. The predicted molar refractivity (Wildman–Crippen MR) is 87.7 cm³/mol. The molecule has 5 nitrogen and oxygen atoms in total. The molecule has 0 fully saturated rings. The summed E-state index contributed by atoms with van der Waals surface area (Å²) in [5.41, 5.74) is -1.48. The Morgan fingerprint density at radius 3 is 2.54 bits per heavy atom. The molecule has 132 valence electrons. The van der Waals surface area contributed by atoms with Gasteiger partial charge in [0.25, 0.3) is 5.91 Å². The molecule has 0 saturated heterocycles. The van der Waals surface area contributed by atoms with Crippen LogP contribution in [-0.2, 0) is 6.61 Å². The number of halogens is 3. The molecule has 26 heavy (non-hydrogen) atoms. The normalized spacial score (nSPS) is 10.6. The molecule has 3 rings (SSSR count). The number of nitrogens with one attached hydrogen (secondary N) is 1. The quantitative estimate of drug-likeness (QED) is 0.750. The van der Waals surface area contributed by atoms with Crippen molar-refractivity contribution in [3.8, 4) is 11.3 Å². The van der Waals surface area contributed by atoms with Crippen LogP contribution in [0.3, 0.4) is 0 Å². The number of pyridine rings is 2. The maximum atomic E-state index is 14.4. The maximum absolute atomic E-state index is 14.4. The highest BCUT2D eigenvalue weighted by atomic mass is 19.1. The first-order chi connectivity index (χ1) is 12.5. The van der Waals surface area contributed by atoms with Gasteiger partial charge in [0.2, 0.25) is 0 Å². The van der Waals surface area contributed by atoms with Crippen molar-refractivity contribution in [1.82, 2.24) is 9.97 Å². The molecule has 3 aromatic rings. The van der Waals surface area contributed by atoms with Gasteiger partial charge in [0.15, 0.2) is 0 Å². The van der Waals surface area contributed by atoms with Crippen LogP contribution in [0.2, 0.25) is 0 Å². The van der Waals surface area contributed by atoms with Gasteiger partial charge in [0.05, 0.1) is 24.1 Å². The summed E-state index contributed by atoms with van der Waals surface area (Å²) in [7, 11) is 0. The zero-order valence-corrected chi connectivity index (χ0v) is 13.2. The number of hydrogen-bond acceptors (Lipinski definition) is 4. The average Bonchev–Trinajstić information content (AvgIpc) is 2.64. The first-order valence-corrected chi connectivity index (χ1v) is 7.47. The molecule has 2 heterocycles. The van der Waals surface area contributed by atoms with Crippen LogP contribution < -0.4 is 5.32 Å². The molecule has 0 aliphatic carbocycles. The van der Waals surface area contributed by atoms with Crippen molar-refractivity contribution < 1.29 is 23.1 Å². The Labute approximate surface area is 146 Å². The lowest BCUT2D eigenvalue weighted by Crippen LogP contribution is -2.15. The van der Waals surface area contributed by atoms with Crippen LogP contribution in [0.25, 0.3) is 11.3 Å². The SMILES string of the molecule is O=C(Nc1cccnc1)c1ccc(F)c(-c2c(F)ccc(CO)c2F)n1. The Kier molecular flexibility index (Phi) is 4.94. The summed E-state index contributed by atoms with van der Waals surface area (Å²) in [6.45, 7) is -0.693. The van der Waals surface area contributed by atoms with Crippen molar-refractivity contribution in [2.45, 2.75) is 6.61 Å². The monoisotopic (exact) mass is 359 g/mol. The third-order valence-corrected chi connectivity index (χ3v) is 3.58. The number of benzene rings is 1. The molecule has 8 heteroatoms. The van der Waals surface area contributed by atoms with Crippen molar-refractivity contribution in [2.75, 3.05) is 5.32 Å². The van der Waals surface area contributed by atoms with Crippen molar-refractivity contribution >= 4 is 11.6 Å². The van der Waals surface area contributed by atoms with Crippen LogP contribution >= 0.6 is 0 Å². The van der Waals surface area contributed by atoms with E-state index in [4.69, 9.17) is 5.11 Å². The van der Waals surface area contributed by atoms with Crippen LogP contribution in [0.5, 0.6) is 0 Å². The van der Waals surface area contributed by atoms with Gasteiger partial charge in [0.1, 0.15) is 28.8 Å². The zero-order valence-electron chi connectivity index (χ0n) is 13.2. The molecule has 1 aromatic carbocycles. The number of nitrogens with zero attached hydrogens (tertiary/aromatic N) is 2. The lowest BCUT2D eigenvalue weighted by atomic mass is 10.0. The standard InChI is InChI=1S/C18H12F3N3O2/c19-12-4-3-10(9-25)16(21)15(12)17-13(20)5-6-14(24-17)18(26)23-11-2-1-7-22-8-11/h1-8,25H,9H2,(H,23,26). The largest absolute Gasteiger partial charge is 0.392 e. The Balaban J connectivity index is 2.03. The molecule has 0 radical (unpaired) electrons. The maximum Gasteiger partial charge on any atom is 0.274 e. The third kappa shape index (κ3) is 3.40. The number of aliphatic hydroxyl groups is 1. The highest BCUT2D eigenvalue weighted by Crippen LogP contribution is 2.29. The summed E-state index contributed by atoms with van der Waals surface area (Å²) < 4.78 is 42.6. The molecule has 0 atom stereocenters. The number of aromatic nitrogens is 2. The van der Waals surface area contributed by atoms with Gasteiger partial charge >= 0.3 is 0 Å². The number of aliphatic hydroxyl groups excluding tert-OH is 1. The van der Waals surface area contributed by atoms with E-state index < -0.39 is 41.2 Å². The molecular weight excluding hydrogens is 347 g/mol. The molecule has 0 saturated carbocycles. The highest BCUT2D eigenvalue weighted by molar-refractivity contribution is 6.03. The first-order valence-electron chi connectivity index (χ1n) is 7.47. The second kappa shape index (κ2) is 7.32. The summed E-state index contributed by atoms with van der Waals surface area (Å²) >= 11 is 0. The molecule has 0 unspecified atom stereocenters. The van der Waals surface area contributed by atoms with Crippen molar-refractivity contribution in [1.29, 1.82) is 0 Å². The summed E-state index contributed by atoms with van der Waals surface area (Å²) in [6, 6.07) is 7.11. The summed E-state index contributed by atoms with van der Waals surface area (Å²) in [6.07, 6.45) is 2.91. The minimum Gasteiger partial charge on any atom is -0.392 e. The lowest BCUT2D eigenvalue weighted by molar-refractivity contribution is 0.102. The number of amides is 1. The minimum atomic E-state index is -1.14. The summed E-state index contributed by atoms with van der Waals surface area (Å²) in [4.78, 5) is 19.9. The molecule has 0 spiro atoms. The zero-order chi connectivity index (χ0) is 18.7. The minimum absolute atomic E-state index is 0.215. The van der Waals surface area contributed by atoms with Crippen LogP contribution in [-0.4, -0.2) is 21.0 Å². The lowest BCUT2D eigenvalue weighted by Gasteiger charge is -2.10. The number of anilines is 1. The Hall–Kier alpha value is -3.26. The molecule has 0 bridgehead atoms. The van der Waals surface area contributed by atoms with Crippen LogP contribution in [0.15, 0.2) is 48.8 Å². The van der Waals surface area contributed by atoms with E-state index >= 15 is 0 Å². The molecular formula is C18H12F3N3O2. The summed E-state index contributed by atoms with van der Waals surface area (Å²) in [5.74, 6) is -3.89. The van der Waals surface area contributed by atoms with Gasteiger partial charge in [-0.25, -0.2) is 18.2 Å². The van der Waals surface area contributed by atoms with Gasteiger partial charge in [-0.15, -0.1) is 0 Å². The fourth-order valence-electron chi connectivity index (χ4n) is 2.31. The van der Waals surface area contributed by atoms with Gasteiger partial charge in [0, 0.05) is 11.8 Å². The van der Waals surface area contributed by atoms with E-state index in [1.165, 1.54) is 12.4 Å². The average molecular weight is 359 g/mol. The van der Waals surface area contributed by atoms with Crippen molar-refractivity contribution in [2.24, 2.45) is 0 Å². The third-order valence-electron chi connectivity index (χ3n) is 3.58. The number of carbonyl (C=O) groups is 1. The molecule has 1 amide bonds. The fraction of sp³-hybridized carbons (Fsp3) is 0.0556. The van der Waals surface area contributed by atoms with Gasteiger partial charge < -0.3 is 10.4 Å². The topological polar surface area (TPSA) is 75.1 Å². The van der Waals surface area contributed by atoms with E-state index in [0.717, 1.165) is 24.3 Å². The number of rotatable bonds is 4. The van der Waals surface area contributed by atoms with Crippen LogP contribution in [0, 0.1) is 17.5 Å². The smallest absolute Gasteiger partial charge is 0.274 e. The first kappa shape index (κ1) is 17.6. The predicted octanol–water partition coefficient (Wildman–Crippen LogP) is 3.31. The highest BCUT2D eigenvalue weighted by Gasteiger charge is 2.21. The number of hydrogen-bond donors (Lipinski definition) is 2. The van der Waals surface area contributed by atoms with E-state index in [1.807, 2.05) is 0 Å². The molecule has 2 N–H and O–H groups in total. The Morgan fingerprint density at radius 1 is 1.08 bits per heavy atom. The van der Waals surface area contributed by atoms with E-state index in [9.17, 15) is 18.0 Å². The summed E-state index contributed by atoms with van der Waals surface area (Å²) in [5, 5.41) is 11.6. The van der Waals surface area contributed by atoms with Gasteiger partial charge in [-0.05, 0) is 30.3 Å². The molecule has 0 aliphatic rings. The van der Waals surface area contributed by atoms with E-state index in [0.29, 0.717) is 5.69 Å². The van der Waals surface area contributed by atoms with Gasteiger partial charge in [-0.3, -0.25) is 9.78 Å². The van der Waals surface area contributed by atoms with Crippen molar-refractivity contribution in [3.63, 3.8) is 0 Å². The van der Waals surface area contributed by atoms with Gasteiger partial charge in [-0.1, -0.05) is 6.07 Å². The van der Waals surface area contributed by atoms with E-state index in [2.05, 4.69) is 15.3 Å². The second-order valence-corrected chi connectivity index (χ2v) is 5.28. The van der Waals surface area contributed by atoms with E-state index in [-0.39, 0.29) is 11.3 Å². The van der Waals surface area contributed by atoms with E-state index in [1.54, 1.807) is 12.1 Å². The second-order valence-electron chi connectivity index (χ2n) is 5.28. The Bertz CT molecular complexity index is 965. The van der Waals surface area contributed by atoms with Gasteiger partial charge in [-0.2, -0.15) is 0 Å². The van der Waals surface area contributed by atoms with Crippen LogP contribution in [0.1, 0.15) is 16.1 Å². The van der Waals surface area contributed by atoms with Crippen molar-refractivity contribution in [3.05, 3.63) is 77.5 Å². The Morgan fingerprint density at radius 2 is 1.85 bits per heavy atom. The molecule has 2 aromatic heterocycles. The van der Waals surface area contributed by atoms with Crippen LogP contribution in [0.4, 0.5) is 18.9 Å². The fourth-order valence-corrected chi connectivity index (χ4v) is 2.31.